The van der Waals surface area contributed by atoms with Gasteiger partial charge in [-0.3, -0.25) is 5.84 Å². The Balaban J connectivity index is 1.89. The first kappa shape index (κ1) is 13.6. The van der Waals surface area contributed by atoms with Gasteiger partial charge in [-0.25, -0.2) is 5.43 Å². The molecule has 1 aromatic carbocycles. The molecule has 4 nitrogen and oxygen atoms in total. The molecular formula is C16H22N2O2. The number of hydrazine groups is 1. The van der Waals surface area contributed by atoms with E-state index in [4.69, 9.17) is 15.0 Å². The van der Waals surface area contributed by atoms with Gasteiger partial charge < -0.3 is 9.15 Å². The predicted molar refractivity (Wildman–Crippen MR) is 79.2 cm³/mol. The van der Waals surface area contributed by atoms with Crippen molar-refractivity contribution < 1.29 is 9.15 Å². The lowest BCUT2D eigenvalue weighted by atomic mass is 9.75. The summed E-state index contributed by atoms with van der Waals surface area (Å²) in [7, 11) is 1.79. The van der Waals surface area contributed by atoms with E-state index in [1.54, 1.807) is 7.11 Å². The topological polar surface area (TPSA) is 60.4 Å². The third kappa shape index (κ3) is 2.24. The molecule has 0 bridgehead atoms. The van der Waals surface area contributed by atoms with E-state index >= 15 is 0 Å². The molecule has 3 N–H and O–H groups in total. The van der Waals surface area contributed by atoms with Crippen molar-refractivity contribution in [3.05, 3.63) is 35.6 Å². The maximum atomic E-state index is 6.01. The molecule has 2 aromatic rings. The molecule has 3 rings (SSSR count). The lowest BCUT2D eigenvalue weighted by molar-refractivity contribution is -0.0848. The van der Waals surface area contributed by atoms with Crippen LogP contribution in [-0.2, 0) is 4.74 Å². The maximum Gasteiger partial charge on any atom is 0.137 e. The van der Waals surface area contributed by atoms with Crippen LogP contribution in [0.25, 0.3) is 11.0 Å². The zero-order valence-corrected chi connectivity index (χ0v) is 12.1. The molecule has 1 saturated carbocycles. The molecule has 0 amide bonds. The van der Waals surface area contributed by atoms with Crippen LogP contribution in [0.5, 0.6) is 0 Å². The number of furan rings is 1. The summed E-state index contributed by atoms with van der Waals surface area (Å²) < 4.78 is 11.7. The first-order valence-corrected chi connectivity index (χ1v) is 7.18. The molecule has 0 saturated heterocycles. The Labute approximate surface area is 119 Å². The van der Waals surface area contributed by atoms with Crippen molar-refractivity contribution in [1.29, 1.82) is 0 Å². The van der Waals surface area contributed by atoms with Gasteiger partial charge in [0.25, 0.3) is 0 Å². The van der Waals surface area contributed by atoms with Gasteiger partial charge in [-0.2, -0.15) is 0 Å². The van der Waals surface area contributed by atoms with E-state index in [0.29, 0.717) is 0 Å². The number of fused-ring (bicyclic) bond motifs is 1. The van der Waals surface area contributed by atoms with Crippen LogP contribution in [0, 0.1) is 6.92 Å². The Bertz CT molecular complexity index is 596. The van der Waals surface area contributed by atoms with Crippen LogP contribution < -0.4 is 11.3 Å². The summed E-state index contributed by atoms with van der Waals surface area (Å²) in [5.74, 6) is 6.63. The van der Waals surface area contributed by atoms with Crippen LogP contribution in [0.1, 0.15) is 43.0 Å². The molecule has 108 valence electrons. The monoisotopic (exact) mass is 274 g/mol. The highest BCUT2D eigenvalue weighted by Gasteiger charge is 2.39. The van der Waals surface area contributed by atoms with Gasteiger partial charge in [0.2, 0.25) is 0 Å². The van der Waals surface area contributed by atoms with E-state index in [0.717, 1.165) is 41.6 Å². The van der Waals surface area contributed by atoms with Crippen molar-refractivity contribution in [2.24, 2.45) is 5.84 Å². The van der Waals surface area contributed by atoms with E-state index < -0.39 is 0 Å². The number of hydrogen-bond acceptors (Lipinski definition) is 4. The molecule has 1 unspecified atom stereocenters. The highest BCUT2D eigenvalue weighted by atomic mass is 16.5. The Morgan fingerprint density at radius 3 is 2.80 bits per heavy atom. The van der Waals surface area contributed by atoms with Crippen LogP contribution in [0.3, 0.4) is 0 Å². The maximum absolute atomic E-state index is 6.01. The van der Waals surface area contributed by atoms with Crippen molar-refractivity contribution >= 4 is 11.0 Å². The summed E-state index contributed by atoms with van der Waals surface area (Å²) in [5, 5.41) is 1.13. The summed E-state index contributed by atoms with van der Waals surface area (Å²) in [6.07, 6.45) is 4.27. The summed E-state index contributed by atoms with van der Waals surface area (Å²) >= 11 is 0. The zero-order valence-electron chi connectivity index (χ0n) is 12.1. The van der Waals surface area contributed by atoms with Gasteiger partial charge in [-0.15, -0.1) is 0 Å². The number of hydrogen-bond donors (Lipinski definition) is 2. The molecule has 1 aromatic heterocycles. The van der Waals surface area contributed by atoms with Crippen molar-refractivity contribution in [3.8, 4) is 0 Å². The van der Waals surface area contributed by atoms with Crippen molar-refractivity contribution in [3.63, 3.8) is 0 Å². The van der Waals surface area contributed by atoms with E-state index in [2.05, 4.69) is 30.5 Å². The normalized spacial score (nSPS) is 18.9. The number of nitrogens with two attached hydrogens (primary N) is 1. The minimum Gasteiger partial charge on any atom is -0.459 e. The highest BCUT2D eigenvalue weighted by Crippen LogP contribution is 2.42. The van der Waals surface area contributed by atoms with Gasteiger partial charge in [0.1, 0.15) is 11.3 Å². The lowest BCUT2D eigenvalue weighted by Gasteiger charge is -2.42. The number of methoxy groups -OCH3 is 1. The lowest BCUT2D eigenvalue weighted by Crippen LogP contribution is -2.44. The number of ether oxygens (including phenoxy) is 1. The van der Waals surface area contributed by atoms with Gasteiger partial charge in [0, 0.05) is 18.9 Å². The van der Waals surface area contributed by atoms with Crippen LogP contribution in [0.4, 0.5) is 0 Å². The van der Waals surface area contributed by atoms with Crippen LogP contribution >= 0.6 is 0 Å². The molecule has 1 aliphatic carbocycles. The van der Waals surface area contributed by atoms with E-state index in [-0.39, 0.29) is 11.6 Å². The predicted octanol–water partition coefficient (Wildman–Crippen LogP) is 3.20. The Morgan fingerprint density at radius 1 is 1.45 bits per heavy atom. The summed E-state index contributed by atoms with van der Waals surface area (Å²) in [6.45, 7) is 2.06. The Kier molecular flexibility index (Phi) is 3.54. The van der Waals surface area contributed by atoms with Gasteiger partial charge in [0.15, 0.2) is 0 Å². The van der Waals surface area contributed by atoms with Crippen LogP contribution in [-0.4, -0.2) is 12.7 Å². The van der Waals surface area contributed by atoms with Gasteiger partial charge in [-0.05, 0) is 37.8 Å². The second-order valence-corrected chi connectivity index (χ2v) is 5.81. The molecule has 0 spiro atoms. The summed E-state index contributed by atoms with van der Waals surface area (Å²) in [4.78, 5) is 0. The van der Waals surface area contributed by atoms with Crippen molar-refractivity contribution in [2.45, 2.75) is 44.2 Å². The van der Waals surface area contributed by atoms with Gasteiger partial charge >= 0.3 is 0 Å². The standard InChI is InChI=1S/C16H22N2O2/c1-11-5-3-6-12-9-14(20-15(11)12)13(18-17)10-16(19-2)7-4-8-16/h3,5-6,9,13,18H,4,7-8,10,17H2,1-2H3. The number of para-hydroxylation sites is 1. The molecule has 1 aliphatic rings. The second-order valence-electron chi connectivity index (χ2n) is 5.81. The third-order valence-electron chi connectivity index (χ3n) is 4.58. The smallest absolute Gasteiger partial charge is 0.137 e. The third-order valence-corrected chi connectivity index (χ3v) is 4.58. The summed E-state index contributed by atoms with van der Waals surface area (Å²) in [5.41, 5.74) is 4.94. The number of aryl methyl sites for hydroxylation is 1. The SMILES string of the molecule is COC1(CC(NN)c2cc3cccc(C)c3o2)CCC1. The average Bonchev–Trinajstić information content (AvgIpc) is 2.84. The molecule has 0 aliphatic heterocycles. The quantitative estimate of drug-likeness (QED) is 0.649. The molecule has 1 heterocycles. The molecule has 1 fully saturated rings. The minimum atomic E-state index is -0.0367. The minimum absolute atomic E-state index is 0.0120. The average molecular weight is 274 g/mol. The number of nitrogens with one attached hydrogen (secondary N) is 1. The van der Waals surface area contributed by atoms with Gasteiger partial charge in [0.05, 0.1) is 11.6 Å². The molecular weight excluding hydrogens is 252 g/mol. The molecule has 0 radical (unpaired) electrons. The Hall–Kier alpha value is -1.36. The fourth-order valence-corrected chi connectivity index (χ4v) is 3.08. The fourth-order valence-electron chi connectivity index (χ4n) is 3.08. The first-order valence-electron chi connectivity index (χ1n) is 7.18. The zero-order chi connectivity index (χ0) is 14.2. The largest absolute Gasteiger partial charge is 0.459 e. The molecule has 1 atom stereocenters. The highest BCUT2D eigenvalue weighted by molar-refractivity contribution is 5.81. The van der Waals surface area contributed by atoms with Crippen molar-refractivity contribution in [2.75, 3.05) is 7.11 Å². The van der Waals surface area contributed by atoms with E-state index in [9.17, 15) is 0 Å². The second kappa shape index (κ2) is 5.20. The van der Waals surface area contributed by atoms with Crippen LogP contribution in [0.2, 0.25) is 0 Å². The molecule has 4 heteroatoms. The fraction of sp³-hybridized carbons (Fsp3) is 0.500. The van der Waals surface area contributed by atoms with Gasteiger partial charge in [-0.1, -0.05) is 18.2 Å². The van der Waals surface area contributed by atoms with E-state index in [1.807, 2.05) is 6.07 Å². The van der Waals surface area contributed by atoms with E-state index in [1.165, 1.54) is 6.42 Å². The number of benzene rings is 1. The molecule has 20 heavy (non-hydrogen) atoms. The van der Waals surface area contributed by atoms with Crippen LogP contribution in [0.15, 0.2) is 28.7 Å². The Morgan fingerprint density at radius 2 is 2.25 bits per heavy atom. The summed E-state index contributed by atoms with van der Waals surface area (Å²) in [6, 6.07) is 8.24. The number of rotatable bonds is 5. The van der Waals surface area contributed by atoms with Crippen molar-refractivity contribution in [1.82, 2.24) is 5.43 Å². The first-order chi connectivity index (χ1) is 9.67.